The van der Waals surface area contributed by atoms with Crippen LogP contribution < -0.4 is 4.90 Å². The van der Waals surface area contributed by atoms with Gasteiger partial charge in [0.05, 0.1) is 11.9 Å². The van der Waals surface area contributed by atoms with Crippen LogP contribution in [0.3, 0.4) is 0 Å². The molecule has 3 rings (SSSR count). The van der Waals surface area contributed by atoms with Crippen molar-refractivity contribution >= 4 is 16.7 Å². The Morgan fingerprint density at radius 3 is 2.44 bits per heavy atom. The second-order valence-electron chi connectivity index (χ2n) is 6.46. The van der Waals surface area contributed by atoms with Gasteiger partial charge in [0.2, 0.25) is 0 Å². The molecule has 2 heterocycles. The van der Waals surface area contributed by atoms with Crippen LogP contribution in [0.2, 0.25) is 0 Å². The number of aromatic amines is 1. The molecule has 1 aromatic carbocycles. The second-order valence-corrected chi connectivity index (χ2v) is 6.46. The topological polar surface area (TPSA) is 35.2 Å². The van der Waals surface area contributed by atoms with E-state index >= 15 is 0 Å². The van der Waals surface area contributed by atoms with Crippen LogP contribution in [0.5, 0.6) is 0 Å². The molecular weight excluding hydrogens is 315 g/mol. The lowest BCUT2D eigenvalue weighted by atomic mass is 10.1. The van der Waals surface area contributed by atoms with Crippen LogP contribution in [0.25, 0.3) is 11.0 Å². The highest BCUT2D eigenvalue weighted by atomic mass is 19.1. The molecule has 5 heteroatoms. The van der Waals surface area contributed by atoms with E-state index in [1.807, 2.05) is 62.3 Å². The number of halogens is 1. The normalized spacial score (nSPS) is 10.8. The van der Waals surface area contributed by atoms with Crippen molar-refractivity contribution < 1.29 is 4.39 Å². The summed E-state index contributed by atoms with van der Waals surface area (Å²) < 4.78 is 13.6. The van der Waals surface area contributed by atoms with Crippen molar-refractivity contribution in [2.45, 2.75) is 6.54 Å². The van der Waals surface area contributed by atoms with Gasteiger partial charge in [-0.2, -0.15) is 0 Å². The van der Waals surface area contributed by atoms with Gasteiger partial charge in [0, 0.05) is 42.8 Å². The zero-order valence-corrected chi connectivity index (χ0v) is 14.9. The first kappa shape index (κ1) is 17.0. The Morgan fingerprint density at radius 2 is 1.80 bits per heavy atom. The van der Waals surface area contributed by atoms with E-state index in [9.17, 15) is 4.39 Å². The molecule has 2 aromatic heterocycles. The molecule has 0 fully saturated rings. The van der Waals surface area contributed by atoms with E-state index in [4.69, 9.17) is 0 Å². The summed E-state index contributed by atoms with van der Waals surface area (Å²) >= 11 is 0. The summed E-state index contributed by atoms with van der Waals surface area (Å²) in [4.78, 5) is 11.4. The van der Waals surface area contributed by atoms with Gasteiger partial charge in [0.1, 0.15) is 11.5 Å². The van der Waals surface area contributed by atoms with Gasteiger partial charge in [-0.25, -0.2) is 9.37 Å². The van der Waals surface area contributed by atoms with Crippen molar-refractivity contribution in [3.63, 3.8) is 0 Å². The molecule has 0 amide bonds. The number of anilines is 1. The molecule has 25 heavy (non-hydrogen) atoms. The number of H-pyrrole nitrogens is 1. The number of hydrogen-bond donors (Lipinski definition) is 1. The first-order chi connectivity index (χ1) is 11.9. The Hall–Kier alpha value is -2.84. The summed E-state index contributed by atoms with van der Waals surface area (Å²) in [6.45, 7) is 0.661. The fourth-order valence-corrected chi connectivity index (χ4v) is 2.66. The zero-order valence-electron chi connectivity index (χ0n) is 14.9. The van der Waals surface area contributed by atoms with Gasteiger partial charge >= 0.3 is 0 Å². The third-order valence-electron chi connectivity index (χ3n) is 3.91. The van der Waals surface area contributed by atoms with E-state index in [2.05, 4.69) is 21.8 Å². The highest BCUT2D eigenvalue weighted by Gasteiger charge is 2.12. The Bertz CT molecular complexity index is 943. The van der Waals surface area contributed by atoms with Crippen molar-refractivity contribution in [2.75, 3.05) is 33.1 Å². The molecule has 0 atom stereocenters. The van der Waals surface area contributed by atoms with Crippen molar-refractivity contribution in [3.05, 3.63) is 59.2 Å². The molecule has 4 nitrogen and oxygen atoms in total. The highest BCUT2D eigenvalue weighted by Crippen LogP contribution is 2.22. The van der Waals surface area contributed by atoms with Gasteiger partial charge in [0.15, 0.2) is 0 Å². The maximum absolute atomic E-state index is 13.6. The number of fused-ring (bicyclic) bond motifs is 1. The summed E-state index contributed by atoms with van der Waals surface area (Å²) in [6.07, 6.45) is 1.22. The monoisotopic (exact) mass is 336 g/mol. The van der Waals surface area contributed by atoms with Gasteiger partial charge in [-0.1, -0.05) is 5.92 Å². The maximum atomic E-state index is 13.6. The summed E-state index contributed by atoms with van der Waals surface area (Å²) in [6, 6.07) is 9.57. The molecular formula is C20H21FN4. The van der Waals surface area contributed by atoms with E-state index < -0.39 is 0 Å². The minimum absolute atomic E-state index is 0.342. The smallest absolute Gasteiger partial charge is 0.142 e. The Balaban J connectivity index is 2.01. The molecule has 0 spiro atoms. The predicted molar refractivity (Wildman–Crippen MR) is 100 cm³/mol. The molecule has 0 saturated heterocycles. The van der Waals surface area contributed by atoms with Crippen LogP contribution in [0, 0.1) is 17.7 Å². The highest BCUT2D eigenvalue weighted by molar-refractivity contribution is 5.82. The Labute approximate surface area is 147 Å². The molecule has 128 valence electrons. The Kier molecular flexibility index (Phi) is 4.73. The minimum Gasteiger partial charge on any atom is -0.378 e. The van der Waals surface area contributed by atoms with E-state index in [0.29, 0.717) is 12.2 Å². The molecule has 1 N–H and O–H groups in total. The van der Waals surface area contributed by atoms with E-state index in [1.165, 1.54) is 12.3 Å². The average molecular weight is 336 g/mol. The number of nitrogens with one attached hydrogen (secondary N) is 1. The number of nitrogens with zero attached hydrogens (tertiary/aromatic N) is 3. The van der Waals surface area contributed by atoms with Crippen LogP contribution in [0.4, 0.5) is 10.1 Å². The second kappa shape index (κ2) is 6.96. The van der Waals surface area contributed by atoms with Crippen molar-refractivity contribution in [1.82, 2.24) is 14.9 Å². The standard InChI is InChI=1S/C20H21FN4/c1-24(2)13-18-17-11-15(21)12-22-20(17)23-19(18)10-7-14-5-8-16(9-6-14)25(3)4/h5-6,8-9,11-12H,13H2,1-4H3,(H,22,23). The van der Waals surface area contributed by atoms with Crippen LogP contribution in [-0.2, 0) is 6.54 Å². The van der Waals surface area contributed by atoms with Gasteiger partial charge in [-0.15, -0.1) is 0 Å². The molecule has 3 aromatic rings. The fourth-order valence-electron chi connectivity index (χ4n) is 2.66. The Morgan fingerprint density at radius 1 is 1.08 bits per heavy atom. The number of pyridine rings is 1. The minimum atomic E-state index is -0.342. The van der Waals surface area contributed by atoms with Crippen LogP contribution in [0.1, 0.15) is 16.8 Å². The first-order valence-corrected chi connectivity index (χ1v) is 8.04. The zero-order chi connectivity index (χ0) is 18.0. The summed E-state index contributed by atoms with van der Waals surface area (Å²) in [7, 11) is 7.96. The van der Waals surface area contributed by atoms with Crippen LogP contribution >= 0.6 is 0 Å². The van der Waals surface area contributed by atoms with E-state index in [1.54, 1.807) is 0 Å². The van der Waals surface area contributed by atoms with E-state index in [0.717, 1.165) is 27.9 Å². The molecule has 0 unspecified atom stereocenters. The average Bonchev–Trinajstić information content (AvgIpc) is 2.90. The molecule has 0 bridgehead atoms. The van der Waals surface area contributed by atoms with E-state index in [-0.39, 0.29) is 5.82 Å². The number of benzene rings is 1. The quantitative estimate of drug-likeness (QED) is 0.746. The van der Waals surface area contributed by atoms with Crippen molar-refractivity contribution in [1.29, 1.82) is 0 Å². The molecule has 0 radical (unpaired) electrons. The van der Waals surface area contributed by atoms with Crippen LogP contribution in [0.15, 0.2) is 36.5 Å². The maximum Gasteiger partial charge on any atom is 0.142 e. The summed E-state index contributed by atoms with van der Waals surface area (Å²) in [5.74, 6) is 6.02. The lowest BCUT2D eigenvalue weighted by Gasteiger charge is -2.11. The number of hydrogen-bond acceptors (Lipinski definition) is 3. The molecule has 0 aliphatic heterocycles. The van der Waals surface area contributed by atoms with Crippen LogP contribution in [-0.4, -0.2) is 43.1 Å². The predicted octanol–water partition coefficient (Wildman–Crippen LogP) is 3.23. The third kappa shape index (κ3) is 3.81. The SMILES string of the molecule is CN(C)Cc1c(C#Cc2ccc(N(C)C)cc2)[nH]c2ncc(F)cc12. The van der Waals surface area contributed by atoms with Gasteiger partial charge in [-0.05, 0) is 50.3 Å². The molecule has 0 aliphatic rings. The number of rotatable bonds is 3. The van der Waals surface area contributed by atoms with Gasteiger partial charge in [0.25, 0.3) is 0 Å². The number of aromatic nitrogens is 2. The first-order valence-electron chi connectivity index (χ1n) is 8.04. The lowest BCUT2D eigenvalue weighted by Crippen LogP contribution is -2.11. The van der Waals surface area contributed by atoms with Gasteiger partial charge < -0.3 is 14.8 Å². The molecule has 0 aliphatic carbocycles. The fraction of sp³-hybridized carbons (Fsp3) is 0.250. The lowest BCUT2D eigenvalue weighted by molar-refractivity contribution is 0.403. The summed E-state index contributed by atoms with van der Waals surface area (Å²) in [5.41, 5.74) is 4.46. The van der Waals surface area contributed by atoms with Crippen molar-refractivity contribution in [2.24, 2.45) is 0 Å². The van der Waals surface area contributed by atoms with Gasteiger partial charge in [-0.3, -0.25) is 0 Å². The van der Waals surface area contributed by atoms with Crippen molar-refractivity contribution in [3.8, 4) is 11.8 Å². The molecule has 0 saturated carbocycles. The summed E-state index contributed by atoms with van der Waals surface area (Å²) in [5, 5.41) is 0.779. The third-order valence-corrected chi connectivity index (χ3v) is 3.91. The largest absolute Gasteiger partial charge is 0.378 e.